The number of aromatic nitrogens is 1. The number of nitrogens with zero attached hydrogens (tertiary/aromatic N) is 2. The minimum Gasteiger partial charge on any atom is -0.384 e. The van der Waals surface area contributed by atoms with Crippen LogP contribution in [0.1, 0.15) is 11.4 Å². The summed E-state index contributed by atoms with van der Waals surface area (Å²) in [6.45, 7) is 4.70. The molecule has 0 aliphatic carbocycles. The fraction of sp³-hybridized carbons (Fsp3) is 0.312. The van der Waals surface area contributed by atoms with E-state index in [9.17, 15) is 0 Å². The molecule has 0 aliphatic heterocycles. The van der Waals surface area contributed by atoms with Crippen LogP contribution in [0.2, 0.25) is 5.02 Å². The molecule has 20 heavy (non-hydrogen) atoms. The molecule has 1 aromatic heterocycles. The van der Waals surface area contributed by atoms with Crippen molar-refractivity contribution in [2.45, 2.75) is 13.5 Å². The molecule has 0 atom stereocenters. The van der Waals surface area contributed by atoms with Crippen molar-refractivity contribution in [2.24, 2.45) is 0 Å². The normalized spacial score (nSPS) is 10.8. The van der Waals surface area contributed by atoms with Gasteiger partial charge in [-0.15, -0.1) is 0 Å². The highest BCUT2D eigenvalue weighted by atomic mass is 35.5. The van der Waals surface area contributed by atoms with Crippen molar-refractivity contribution in [3.63, 3.8) is 0 Å². The van der Waals surface area contributed by atoms with Gasteiger partial charge in [-0.2, -0.15) is 0 Å². The van der Waals surface area contributed by atoms with Gasteiger partial charge in [-0.05, 0) is 44.3 Å². The molecule has 1 N–H and O–H groups in total. The van der Waals surface area contributed by atoms with Gasteiger partial charge in [-0.25, -0.2) is 0 Å². The van der Waals surface area contributed by atoms with Gasteiger partial charge in [0.2, 0.25) is 0 Å². The van der Waals surface area contributed by atoms with Gasteiger partial charge in [-0.3, -0.25) is 9.88 Å². The molecule has 0 radical (unpaired) electrons. The van der Waals surface area contributed by atoms with Crippen LogP contribution in [0, 0.1) is 6.92 Å². The average molecular weight is 290 g/mol. The van der Waals surface area contributed by atoms with Crippen LogP contribution in [-0.4, -0.2) is 30.0 Å². The largest absolute Gasteiger partial charge is 0.384 e. The third kappa shape index (κ3) is 4.83. The van der Waals surface area contributed by atoms with E-state index >= 15 is 0 Å². The van der Waals surface area contributed by atoms with E-state index in [4.69, 9.17) is 11.6 Å². The Balaban J connectivity index is 1.76. The Morgan fingerprint density at radius 2 is 2.00 bits per heavy atom. The van der Waals surface area contributed by atoms with Gasteiger partial charge < -0.3 is 5.32 Å². The molecule has 3 nitrogen and oxygen atoms in total. The molecule has 106 valence electrons. The third-order valence-electron chi connectivity index (χ3n) is 3.03. The van der Waals surface area contributed by atoms with Crippen molar-refractivity contribution in [1.82, 2.24) is 9.88 Å². The molecule has 0 spiro atoms. The Kier molecular flexibility index (Phi) is 5.39. The molecule has 2 rings (SSSR count). The molecule has 0 fully saturated rings. The second-order valence-corrected chi connectivity index (χ2v) is 5.38. The lowest BCUT2D eigenvalue weighted by Crippen LogP contribution is -2.25. The highest BCUT2D eigenvalue weighted by molar-refractivity contribution is 6.30. The molecule has 0 bridgehead atoms. The molecule has 4 heteroatoms. The van der Waals surface area contributed by atoms with Crippen LogP contribution < -0.4 is 5.32 Å². The third-order valence-corrected chi connectivity index (χ3v) is 3.26. The fourth-order valence-corrected chi connectivity index (χ4v) is 2.22. The number of anilines is 1. The summed E-state index contributed by atoms with van der Waals surface area (Å²) in [6.07, 6.45) is 0. The van der Waals surface area contributed by atoms with Crippen LogP contribution in [0.4, 0.5) is 5.69 Å². The summed E-state index contributed by atoms with van der Waals surface area (Å²) in [5.41, 5.74) is 3.22. The molecule has 0 aliphatic rings. The summed E-state index contributed by atoms with van der Waals surface area (Å²) < 4.78 is 0. The summed E-state index contributed by atoms with van der Waals surface area (Å²) in [6, 6.07) is 13.9. The predicted octanol–water partition coefficient (Wildman–Crippen LogP) is 3.59. The first kappa shape index (κ1) is 14.8. The first-order valence-corrected chi connectivity index (χ1v) is 7.12. The molecule has 0 amide bonds. The molecular weight excluding hydrogens is 270 g/mol. The molecule has 0 saturated heterocycles. The van der Waals surface area contributed by atoms with Gasteiger partial charge in [-0.1, -0.05) is 23.7 Å². The van der Waals surface area contributed by atoms with Crippen LogP contribution in [0.15, 0.2) is 42.5 Å². The van der Waals surface area contributed by atoms with Crippen molar-refractivity contribution in [3.05, 3.63) is 58.9 Å². The highest BCUT2D eigenvalue weighted by Gasteiger charge is 2.02. The van der Waals surface area contributed by atoms with Gasteiger partial charge in [0.1, 0.15) is 0 Å². The Hall–Kier alpha value is -1.58. The Morgan fingerprint density at radius 1 is 1.20 bits per heavy atom. The lowest BCUT2D eigenvalue weighted by molar-refractivity contribution is 0.335. The number of aryl methyl sites for hydroxylation is 1. The topological polar surface area (TPSA) is 28.2 Å². The van der Waals surface area contributed by atoms with Crippen LogP contribution in [0.25, 0.3) is 0 Å². The van der Waals surface area contributed by atoms with Crippen molar-refractivity contribution >= 4 is 17.3 Å². The first-order chi connectivity index (χ1) is 9.63. The summed E-state index contributed by atoms with van der Waals surface area (Å²) in [7, 11) is 2.10. The lowest BCUT2D eigenvalue weighted by atomic mass is 10.3. The van der Waals surface area contributed by atoms with E-state index in [1.165, 1.54) is 0 Å². The van der Waals surface area contributed by atoms with E-state index in [1.807, 2.05) is 37.3 Å². The monoisotopic (exact) mass is 289 g/mol. The number of halogens is 1. The number of likely N-dealkylation sites (N-methyl/N-ethyl adjacent to an activating group) is 1. The van der Waals surface area contributed by atoms with Crippen molar-refractivity contribution in [1.29, 1.82) is 0 Å². The van der Waals surface area contributed by atoms with E-state index in [1.54, 1.807) is 0 Å². The van der Waals surface area contributed by atoms with Gasteiger partial charge in [0.25, 0.3) is 0 Å². The number of rotatable bonds is 6. The van der Waals surface area contributed by atoms with E-state index in [0.717, 1.165) is 41.7 Å². The summed E-state index contributed by atoms with van der Waals surface area (Å²) in [5, 5.41) is 4.12. The Morgan fingerprint density at radius 3 is 2.75 bits per heavy atom. The van der Waals surface area contributed by atoms with Crippen LogP contribution in [0.3, 0.4) is 0 Å². The zero-order valence-electron chi connectivity index (χ0n) is 11.9. The number of pyridine rings is 1. The van der Waals surface area contributed by atoms with Crippen LogP contribution >= 0.6 is 11.6 Å². The van der Waals surface area contributed by atoms with Crippen molar-refractivity contribution < 1.29 is 0 Å². The van der Waals surface area contributed by atoms with Crippen molar-refractivity contribution in [2.75, 3.05) is 25.5 Å². The maximum Gasteiger partial charge on any atom is 0.0547 e. The fourth-order valence-electron chi connectivity index (χ4n) is 2.03. The van der Waals surface area contributed by atoms with E-state index < -0.39 is 0 Å². The van der Waals surface area contributed by atoms with E-state index in [-0.39, 0.29) is 0 Å². The number of benzene rings is 1. The van der Waals surface area contributed by atoms with Gasteiger partial charge in [0, 0.05) is 36.0 Å². The second kappa shape index (κ2) is 7.27. The van der Waals surface area contributed by atoms with Crippen molar-refractivity contribution in [3.8, 4) is 0 Å². The van der Waals surface area contributed by atoms with Gasteiger partial charge in [0.05, 0.1) is 5.69 Å². The molecule has 0 saturated carbocycles. The summed E-state index contributed by atoms with van der Waals surface area (Å²) in [4.78, 5) is 6.76. The molecular formula is C16H20ClN3. The molecule has 1 aromatic carbocycles. The standard InChI is InChI=1S/C16H20ClN3/c1-13-5-3-8-16(19-13)12-20(2)10-9-18-15-7-4-6-14(17)11-15/h3-8,11,18H,9-10,12H2,1-2H3. The SMILES string of the molecule is Cc1cccc(CN(C)CCNc2cccc(Cl)c2)n1. The van der Waals surface area contributed by atoms with Crippen LogP contribution in [0.5, 0.6) is 0 Å². The smallest absolute Gasteiger partial charge is 0.0547 e. The van der Waals surface area contributed by atoms with Gasteiger partial charge >= 0.3 is 0 Å². The summed E-state index contributed by atoms with van der Waals surface area (Å²) in [5.74, 6) is 0. The highest BCUT2D eigenvalue weighted by Crippen LogP contribution is 2.14. The Bertz CT molecular complexity index is 557. The first-order valence-electron chi connectivity index (χ1n) is 6.74. The summed E-state index contributed by atoms with van der Waals surface area (Å²) >= 11 is 5.95. The maximum absolute atomic E-state index is 5.95. The number of hydrogen-bond donors (Lipinski definition) is 1. The quantitative estimate of drug-likeness (QED) is 0.881. The average Bonchev–Trinajstić information content (AvgIpc) is 2.38. The number of hydrogen-bond acceptors (Lipinski definition) is 3. The van der Waals surface area contributed by atoms with E-state index in [0.29, 0.717) is 0 Å². The molecule has 2 aromatic rings. The minimum atomic E-state index is 0.757. The minimum absolute atomic E-state index is 0.757. The lowest BCUT2D eigenvalue weighted by Gasteiger charge is -2.17. The predicted molar refractivity (Wildman–Crippen MR) is 85.2 cm³/mol. The molecule has 0 unspecified atom stereocenters. The zero-order valence-corrected chi connectivity index (χ0v) is 12.7. The Labute approximate surface area is 125 Å². The number of nitrogens with one attached hydrogen (secondary N) is 1. The maximum atomic E-state index is 5.95. The van der Waals surface area contributed by atoms with E-state index in [2.05, 4.69) is 34.4 Å². The zero-order chi connectivity index (χ0) is 14.4. The second-order valence-electron chi connectivity index (χ2n) is 4.95. The van der Waals surface area contributed by atoms with Gasteiger partial charge in [0.15, 0.2) is 0 Å². The molecule has 1 heterocycles. The van der Waals surface area contributed by atoms with Crippen LogP contribution in [-0.2, 0) is 6.54 Å².